The van der Waals surface area contributed by atoms with E-state index in [1.807, 2.05) is 62.4 Å². The van der Waals surface area contributed by atoms with Gasteiger partial charge in [0.05, 0.1) is 11.4 Å². The Balaban J connectivity index is 1.90. The number of carbonyl (C=O) groups excluding carboxylic acids is 1. The van der Waals surface area contributed by atoms with Gasteiger partial charge in [0, 0.05) is 16.8 Å². The van der Waals surface area contributed by atoms with Crippen molar-refractivity contribution in [2.75, 3.05) is 11.1 Å². The Bertz CT molecular complexity index is 946. The Morgan fingerprint density at radius 2 is 1.42 bits per heavy atom. The van der Waals surface area contributed by atoms with Crippen molar-refractivity contribution in [3.63, 3.8) is 0 Å². The third kappa shape index (κ3) is 3.33. The number of nitrogen functional groups attached to an aromatic ring is 1. The fourth-order valence-corrected chi connectivity index (χ4v) is 3.17. The summed E-state index contributed by atoms with van der Waals surface area (Å²) >= 11 is 0. The van der Waals surface area contributed by atoms with Crippen LogP contribution in [-0.4, -0.2) is 5.78 Å². The molecule has 0 radical (unpaired) electrons. The van der Waals surface area contributed by atoms with Gasteiger partial charge in [-0.2, -0.15) is 0 Å². The summed E-state index contributed by atoms with van der Waals surface area (Å²) in [7, 11) is 0. The molecule has 0 amide bonds. The van der Waals surface area contributed by atoms with Crippen LogP contribution >= 0.6 is 0 Å². The zero-order valence-corrected chi connectivity index (χ0v) is 15.7. The van der Waals surface area contributed by atoms with Crippen molar-refractivity contribution in [3.05, 3.63) is 88.0 Å². The quantitative estimate of drug-likeness (QED) is 0.487. The highest BCUT2D eigenvalue weighted by atomic mass is 16.1. The van der Waals surface area contributed by atoms with Crippen LogP contribution in [0.1, 0.15) is 38.2 Å². The molecule has 3 rings (SSSR count). The maximum Gasteiger partial charge on any atom is 0.193 e. The normalized spacial score (nSPS) is 10.6. The van der Waals surface area contributed by atoms with Gasteiger partial charge in [-0.1, -0.05) is 18.2 Å². The number of ketones is 1. The van der Waals surface area contributed by atoms with Crippen LogP contribution in [0.4, 0.5) is 17.1 Å². The van der Waals surface area contributed by atoms with Crippen molar-refractivity contribution in [1.82, 2.24) is 0 Å². The van der Waals surface area contributed by atoms with Crippen LogP contribution in [0.2, 0.25) is 0 Å². The van der Waals surface area contributed by atoms with E-state index in [2.05, 4.69) is 25.2 Å². The summed E-state index contributed by atoms with van der Waals surface area (Å²) in [5.74, 6) is 0.0672. The van der Waals surface area contributed by atoms with Gasteiger partial charge in [0.1, 0.15) is 0 Å². The van der Waals surface area contributed by atoms with Gasteiger partial charge in [0.15, 0.2) is 5.78 Å². The summed E-state index contributed by atoms with van der Waals surface area (Å²) in [6.07, 6.45) is 0. The topological polar surface area (TPSA) is 55.1 Å². The molecule has 26 heavy (non-hydrogen) atoms. The third-order valence-corrected chi connectivity index (χ3v) is 4.98. The molecular weight excluding hydrogens is 320 g/mol. The minimum absolute atomic E-state index is 0.0672. The number of hydrogen-bond acceptors (Lipinski definition) is 3. The first-order chi connectivity index (χ1) is 12.4. The molecule has 0 fully saturated rings. The van der Waals surface area contributed by atoms with Crippen LogP contribution in [0.25, 0.3) is 0 Å². The Morgan fingerprint density at radius 1 is 0.846 bits per heavy atom. The Kier molecular flexibility index (Phi) is 4.81. The average molecular weight is 344 g/mol. The first-order valence-electron chi connectivity index (χ1n) is 8.72. The second-order valence-corrected chi connectivity index (χ2v) is 6.75. The molecule has 0 aliphatic rings. The molecule has 0 aliphatic carbocycles. The van der Waals surface area contributed by atoms with Gasteiger partial charge in [0.2, 0.25) is 0 Å². The van der Waals surface area contributed by atoms with Gasteiger partial charge in [-0.05, 0) is 86.3 Å². The van der Waals surface area contributed by atoms with E-state index in [0.717, 1.165) is 39.2 Å². The van der Waals surface area contributed by atoms with E-state index in [1.54, 1.807) is 0 Å². The molecule has 3 aromatic rings. The Morgan fingerprint density at radius 3 is 2.00 bits per heavy atom. The average Bonchev–Trinajstić information content (AvgIpc) is 2.63. The number of anilines is 3. The summed E-state index contributed by atoms with van der Waals surface area (Å²) in [6.45, 7) is 8.14. The van der Waals surface area contributed by atoms with Crippen molar-refractivity contribution < 1.29 is 4.79 Å². The van der Waals surface area contributed by atoms with Gasteiger partial charge < -0.3 is 11.1 Å². The van der Waals surface area contributed by atoms with Crippen molar-refractivity contribution >= 4 is 22.8 Å². The first-order valence-corrected chi connectivity index (χ1v) is 8.72. The number of benzene rings is 3. The Labute approximate surface area is 154 Å². The lowest BCUT2D eigenvalue weighted by molar-refractivity contribution is 0.103. The second-order valence-electron chi connectivity index (χ2n) is 6.75. The Hall–Kier alpha value is -3.07. The van der Waals surface area contributed by atoms with Crippen LogP contribution in [0.3, 0.4) is 0 Å². The molecule has 0 aliphatic heterocycles. The SMILES string of the molecule is Cc1cc(C)c(C)c(C(=O)c2ccc(Nc3ccccc3N)cc2)c1C. The minimum Gasteiger partial charge on any atom is -0.397 e. The lowest BCUT2D eigenvalue weighted by atomic mass is 9.89. The molecule has 0 saturated carbocycles. The number of aryl methyl sites for hydroxylation is 2. The number of nitrogens with one attached hydrogen (secondary N) is 1. The lowest BCUT2D eigenvalue weighted by Gasteiger charge is -2.15. The number of nitrogens with two attached hydrogens (primary N) is 1. The zero-order valence-electron chi connectivity index (χ0n) is 15.7. The van der Waals surface area contributed by atoms with E-state index in [4.69, 9.17) is 5.73 Å². The fraction of sp³-hybridized carbons (Fsp3) is 0.174. The van der Waals surface area contributed by atoms with Crippen LogP contribution in [0.15, 0.2) is 54.6 Å². The van der Waals surface area contributed by atoms with Crippen LogP contribution in [-0.2, 0) is 0 Å². The molecule has 0 aromatic heterocycles. The molecule has 3 heteroatoms. The van der Waals surface area contributed by atoms with Crippen LogP contribution < -0.4 is 11.1 Å². The molecular formula is C23H24N2O. The molecule has 3 N–H and O–H groups in total. The van der Waals surface area contributed by atoms with E-state index in [1.165, 1.54) is 0 Å². The molecule has 0 heterocycles. The predicted octanol–water partition coefficient (Wildman–Crippen LogP) is 5.48. The van der Waals surface area contributed by atoms with Crippen molar-refractivity contribution in [2.24, 2.45) is 0 Å². The zero-order chi connectivity index (χ0) is 18.8. The highest BCUT2D eigenvalue weighted by Crippen LogP contribution is 2.26. The maximum absolute atomic E-state index is 13.1. The van der Waals surface area contributed by atoms with Crippen LogP contribution in [0.5, 0.6) is 0 Å². The van der Waals surface area contributed by atoms with E-state index >= 15 is 0 Å². The molecule has 0 bridgehead atoms. The standard InChI is InChI=1S/C23H24N2O/c1-14-13-15(2)17(4)22(16(14)3)23(26)18-9-11-19(12-10-18)25-21-8-6-5-7-20(21)24/h5-13,25H,24H2,1-4H3. The number of rotatable bonds is 4. The number of hydrogen-bond donors (Lipinski definition) is 2. The highest BCUT2D eigenvalue weighted by Gasteiger charge is 2.17. The number of para-hydroxylation sites is 2. The van der Waals surface area contributed by atoms with Gasteiger partial charge in [0.25, 0.3) is 0 Å². The maximum atomic E-state index is 13.1. The van der Waals surface area contributed by atoms with Crippen molar-refractivity contribution in [3.8, 4) is 0 Å². The fourth-order valence-electron chi connectivity index (χ4n) is 3.17. The molecule has 3 aromatic carbocycles. The van der Waals surface area contributed by atoms with E-state index in [9.17, 15) is 4.79 Å². The molecule has 0 spiro atoms. The molecule has 0 atom stereocenters. The van der Waals surface area contributed by atoms with Crippen molar-refractivity contribution in [1.29, 1.82) is 0 Å². The molecule has 3 nitrogen and oxygen atoms in total. The summed E-state index contributed by atoms with van der Waals surface area (Å²) in [5, 5.41) is 3.28. The summed E-state index contributed by atoms with van der Waals surface area (Å²) in [5.41, 5.74) is 14.3. The molecule has 0 saturated heterocycles. The monoisotopic (exact) mass is 344 g/mol. The van der Waals surface area contributed by atoms with Crippen LogP contribution in [0, 0.1) is 27.7 Å². The van der Waals surface area contributed by atoms with Gasteiger partial charge >= 0.3 is 0 Å². The van der Waals surface area contributed by atoms with E-state index < -0.39 is 0 Å². The summed E-state index contributed by atoms with van der Waals surface area (Å²) < 4.78 is 0. The van der Waals surface area contributed by atoms with E-state index in [0.29, 0.717) is 11.3 Å². The second kappa shape index (κ2) is 7.04. The summed E-state index contributed by atoms with van der Waals surface area (Å²) in [6, 6.07) is 17.3. The lowest BCUT2D eigenvalue weighted by Crippen LogP contribution is -2.09. The third-order valence-electron chi connectivity index (χ3n) is 4.98. The van der Waals surface area contributed by atoms with Gasteiger partial charge in [-0.3, -0.25) is 4.79 Å². The van der Waals surface area contributed by atoms with Gasteiger partial charge in [-0.25, -0.2) is 0 Å². The predicted molar refractivity (Wildman–Crippen MR) is 109 cm³/mol. The molecule has 132 valence electrons. The highest BCUT2D eigenvalue weighted by molar-refractivity contribution is 6.11. The number of carbonyl (C=O) groups is 1. The molecule has 0 unspecified atom stereocenters. The van der Waals surface area contributed by atoms with E-state index in [-0.39, 0.29) is 5.78 Å². The first kappa shape index (κ1) is 17.7. The van der Waals surface area contributed by atoms with Gasteiger partial charge in [-0.15, -0.1) is 0 Å². The smallest absolute Gasteiger partial charge is 0.193 e. The minimum atomic E-state index is 0.0672. The van der Waals surface area contributed by atoms with Crippen molar-refractivity contribution in [2.45, 2.75) is 27.7 Å². The largest absolute Gasteiger partial charge is 0.397 e. The summed E-state index contributed by atoms with van der Waals surface area (Å²) in [4.78, 5) is 13.1.